The van der Waals surface area contributed by atoms with Gasteiger partial charge in [0.1, 0.15) is 5.75 Å². The molecule has 1 heterocycles. The maximum absolute atomic E-state index is 11.5. The minimum absolute atomic E-state index is 0.00757. The summed E-state index contributed by atoms with van der Waals surface area (Å²) < 4.78 is 5.37. The van der Waals surface area contributed by atoms with Crippen LogP contribution in [-0.2, 0) is 9.59 Å². The molecule has 0 saturated heterocycles. The van der Waals surface area contributed by atoms with Gasteiger partial charge in [0.05, 0.1) is 11.6 Å². The van der Waals surface area contributed by atoms with Gasteiger partial charge >= 0.3 is 5.97 Å². The van der Waals surface area contributed by atoms with Crippen LogP contribution >= 0.6 is 0 Å². The van der Waals surface area contributed by atoms with E-state index in [2.05, 4.69) is 0 Å². The van der Waals surface area contributed by atoms with Crippen LogP contribution in [0.3, 0.4) is 0 Å². The minimum atomic E-state index is -0.852. The molecule has 0 spiro atoms. The van der Waals surface area contributed by atoms with Gasteiger partial charge in [-0.3, -0.25) is 9.59 Å². The number of nitrogens with zero attached hydrogens (tertiary/aromatic N) is 1. The van der Waals surface area contributed by atoms with Crippen LogP contribution in [0.25, 0.3) is 0 Å². The average molecular weight is 263 g/mol. The SMILES string of the molecule is CC(C)C(C(=O)O)c1ccc2c(c1)OCC(=O)N2C. The topological polar surface area (TPSA) is 66.8 Å². The molecule has 5 heteroatoms. The lowest BCUT2D eigenvalue weighted by Crippen LogP contribution is -2.35. The molecule has 5 nitrogen and oxygen atoms in total. The third-order valence-corrected chi connectivity index (χ3v) is 3.36. The van der Waals surface area contributed by atoms with E-state index in [0.29, 0.717) is 17.0 Å². The van der Waals surface area contributed by atoms with Gasteiger partial charge in [0.15, 0.2) is 6.61 Å². The molecular formula is C14H17NO4. The number of hydrogen-bond donors (Lipinski definition) is 1. The quantitative estimate of drug-likeness (QED) is 0.904. The van der Waals surface area contributed by atoms with Crippen LogP contribution in [-0.4, -0.2) is 30.6 Å². The molecule has 0 aromatic heterocycles. The van der Waals surface area contributed by atoms with E-state index in [-0.39, 0.29) is 18.4 Å². The molecule has 0 fully saturated rings. The molecule has 1 N–H and O–H groups in total. The fourth-order valence-corrected chi connectivity index (χ4v) is 2.30. The van der Waals surface area contributed by atoms with Crippen molar-refractivity contribution in [2.75, 3.05) is 18.6 Å². The van der Waals surface area contributed by atoms with E-state index in [4.69, 9.17) is 4.74 Å². The Morgan fingerprint density at radius 1 is 1.42 bits per heavy atom. The summed E-state index contributed by atoms with van der Waals surface area (Å²) in [5.41, 5.74) is 1.37. The highest BCUT2D eigenvalue weighted by molar-refractivity contribution is 5.97. The first-order valence-electron chi connectivity index (χ1n) is 6.18. The number of carboxylic acids is 1. The molecule has 1 unspecified atom stereocenters. The number of carbonyl (C=O) groups is 2. The normalized spacial score (nSPS) is 16.0. The summed E-state index contributed by atoms with van der Waals surface area (Å²) in [6.45, 7) is 3.73. The number of carbonyl (C=O) groups excluding carboxylic acids is 1. The molecular weight excluding hydrogens is 246 g/mol. The van der Waals surface area contributed by atoms with Crippen LogP contribution in [0.5, 0.6) is 5.75 Å². The summed E-state index contributed by atoms with van der Waals surface area (Å²) >= 11 is 0. The second-order valence-electron chi connectivity index (χ2n) is 5.03. The monoisotopic (exact) mass is 263 g/mol. The van der Waals surface area contributed by atoms with Gasteiger partial charge in [-0.2, -0.15) is 0 Å². The highest BCUT2D eigenvalue weighted by Gasteiger charge is 2.27. The first-order valence-corrected chi connectivity index (χ1v) is 6.18. The van der Waals surface area contributed by atoms with E-state index < -0.39 is 11.9 Å². The lowest BCUT2D eigenvalue weighted by atomic mass is 9.88. The van der Waals surface area contributed by atoms with Gasteiger partial charge in [-0.05, 0) is 23.6 Å². The number of hydrogen-bond acceptors (Lipinski definition) is 3. The van der Waals surface area contributed by atoms with Gasteiger partial charge in [-0.1, -0.05) is 19.9 Å². The van der Waals surface area contributed by atoms with Gasteiger partial charge in [-0.15, -0.1) is 0 Å². The van der Waals surface area contributed by atoms with E-state index in [1.54, 1.807) is 25.2 Å². The van der Waals surface area contributed by atoms with E-state index in [1.165, 1.54) is 4.90 Å². The number of rotatable bonds is 3. The third-order valence-electron chi connectivity index (χ3n) is 3.36. The molecule has 1 aromatic carbocycles. The Bertz CT molecular complexity index is 524. The molecule has 1 amide bonds. The van der Waals surface area contributed by atoms with Crippen molar-refractivity contribution in [3.63, 3.8) is 0 Å². The second-order valence-corrected chi connectivity index (χ2v) is 5.03. The van der Waals surface area contributed by atoms with Crippen molar-refractivity contribution in [3.8, 4) is 5.75 Å². The van der Waals surface area contributed by atoms with E-state index in [9.17, 15) is 14.7 Å². The van der Waals surface area contributed by atoms with Gasteiger partial charge in [0, 0.05) is 7.05 Å². The fourth-order valence-electron chi connectivity index (χ4n) is 2.30. The molecule has 0 radical (unpaired) electrons. The van der Waals surface area contributed by atoms with Gasteiger partial charge in [-0.25, -0.2) is 0 Å². The summed E-state index contributed by atoms with van der Waals surface area (Å²) in [6, 6.07) is 5.20. The number of likely N-dealkylation sites (N-methyl/N-ethyl adjacent to an activating group) is 1. The lowest BCUT2D eigenvalue weighted by molar-refractivity contribution is -0.139. The first-order chi connectivity index (χ1) is 8.91. The molecule has 1 aliphatic heterocycles. The fraction of sp³-hybridized carbons (Fsp3) is 0.429. The Balaban J connectivity index is 2.41. The largest absolute Gasteiger partial charge is 0.482 e. The Morgan fingerprint density at radius 2 is 2.11 bits per heavy atom. The molecule has 1 aromatic rings. The Kier molecular flexibility index (Phi) is 3.46. The number of benzene rings is 1. The van der Waals surface area contributed by atoms with Crippen molar-refractivity contribution < 1.29 is 19.4 Å². The molecule has 1 aliphatic rings. The zero-order valence-electron chi connectivity index (χ0n) is 11.2. The van der Waals surface area contributed by atoms with Gasteiger partial charge < -0.3 is 14.7 Å². The van der Waals surface area contributed by atoms with E-state index in [1.807, 2.05) is 13.8 Å². The van der Waals surface area contributed by atoms with Crippen LogP contribution in [0, 0.1) is 5.92 Å². The summed E-state index contributed by atoms with van der Waals surface area (Å²) in [7, 11) is 1.68. The van der Waals surface area contributed by atoms with Crippen molar-refractivity contribution >= 4 is 17.6 Å². The van der Waals surface area contributed by atoms with Gasteiger partial charge in [0.2, 0.25) is 0 Å². The van der Waals surface area contributed by atoms with Crippen molar-refractivity contribution in [1.82, 2.24) is 0 Å². The highest BCUT2D eigenvalue weighted by atomic mass is 16.5. The molecule has 102 valence electrons. The minimum Gasteiger partial charge on any atom is -0.482 e. The molecule has 0 aliphatic carbocycles. The highest BCUT2D eigenvalue weighted by Crippen LogP contribution is 2.35. The van der Waals surface area contributed by atoms with Crippen molar-refractivity contribution in [2.24, 2.45) is 5.92 Å². The Hall–Kier alpha value is -2.04. The van der Waals surface area contributed by atoms with Crippen LogP contribution in [0.4, 0.5) is 5.69 Å². The summed E-state index contributed by atoms with van der Waals surface area (Å²) in [6.07, 6.45) is 0. The summed E-state index contributed by atoms with van der Waals surface area (Å²) in [4.78, 5) is 24.3. The number of carboxylic acid groups (broad SMARTS) is 1. The number of anilines is 1. The lowest BCUT2D eigenvalue weighted by Gasteiger charge is -2.27. The van der Waals surface area contributed by atoms with Crippen LogP contribution in [0.1, 0.15) is 25.3 Å². The molecule has 0 bridgehead atoms. The average Bonchev–Trinajstić information content (AvgIpc) is 2.33. The maximum atomic E-state index is 11.5. The van der Waals surface area contributed by atoms with Crippen molar-refractivity contribution in [3.05, 3.63) is 23.8 Å². The predicted octanol–water partition coefficient (Wildman–Crippen LogP) is 1.87. The van der Waals surface area contributed by atoms with Crippen LogP contribution < -0.4 is 9.64 Å². The van der Waals surface area contributed by atoms with Crippen molar-refractivity contribution in [2.45, 2.75) is 19.8 Å². The molecule has 19 heavy (non-hydrogen) atoms. The Labute approximate surface area is 111 Å². The second kappa shape index (κ2) is 4.91. The third kappa shape index (κ3) is 2.41. The Morgan fingerprint density at radius 3 is 2.68 bits per heavy atom. The summed E-state index contributed by atoms with van der Waals surface area (Å²) in [5, 5.41) is 9.29. The van der Waals surface area contributed by atoms with Gasteiger partial charge in [0.25, 0.3) is 5.91 Å². The predicted molar refractivity (Wildman–Crippen MR) is 70.6 cm³/mol. The smallest absolute Gasteiger partial charge is 0.311 e. The first kappa shape index (κ1) is 13.4. The molecule has 1 atom stereocenters. The number of amides is 1. The summed E-state index contributed by atoms with van der Waals surface area (Å²) in [5.74, 6) is -0.990. The molecule has 0 saturated carbocycles. The standard InChI is InChI=1S/C14H17NO4/c1-8(2)13(14(17)18)9-4-5-10-11(6-9)19-7-12(16)15(10)3/h4-6,8,13H,7H2,1-3H3,(H,17,18). The van der Waals surface area contributed by atoms with E-state index >= 15 is 0 Å². The van der Waals surface area contributed by atoms with E-state index in [0.717, 1.165) is 0 Å². The molecule has 2 rings (SSSR count). The number of aliphatic carboxylic acids is 1. The van der Waals surface area contributed by atoms with Crippen LogP contribution in [0.15, 0.2) is 18.2 Å². The zero-order valence-corrected chi connectivity index (χ0v) is 11.2. The number of fused-ring (bicyclic) bond motifs is 1. The van der Waals surface area contributed by atoms with Crippen LogP contribution in [0.2, 0.25) is 0 Å². The number of ether oxygens (including phenoxy) is 1. The van der Waals surface area contributed by atoms with Crippen molar-refractivity contribution in [1.29, 1.82) is 0 Å². The zero-order chi connectivity index (χ0) is 14.2. The maximum Gasteiger partial charge on any atom is 0.311 e.